The highest BCUT2D eigenvalue weighted by Crippen LogP contribution is 2.25. The number of aromatic amines is 1. The lowest BCUT2D eigenvalue weighted by Crippen LogP contribution is -2.26. The Hall–Kier alpha value is -2.34. The van der Waals surface area contributed by atoms with Crippen molar-refractivity contribution in [2.75, 3.05) is 11.4 Å². The van der Waals surface area contributed by atoms with Crippen LogP contribution in [-0.2, 0) is 10.0 Å². The molecule has 0 aliphatic carbocycles. The maximum atomic E-state index is 12.7. The molecule has 0 bridgehead atoms. The topological polar surface area (TPSA) is 66.1 Å². The second-order valence-electron chi connectivity index (χ2n) is 5.31. The molecule has 0 atom stereocenters. The van der Waals surface area contributed by atoms with E-state index in [0.29, 0.717) is 5.69 Å². The molecule has 0 saturated carbocycles. The highest BCUT2D eigenvalue weighted by molar-refractivity contribution is 7.92. The van der Waals surface area contributed by atoms with Gasteiger partial charge in [-0.15, -0.1) is 0 Å². The summed E-state index contributed by atoms with van der Waals surface area (Å²) in [5.41, 5.74) is 3.26. The predicted molar refractivity (Wildman–Crippen MR) is 87.6 cm³/mol. The van der Waals surface area contributed by atoms with Crippen LogP contribution in [0.5, 0.6) is 0 Å². The van der Waals surface area contributed by atoms with Crippen molar-refractivity contribution in [2.24, 2.45) is 0 Å². The summed E-state index contributed by atoms with van der Waals surface area (Å²) in [6.45, 7) is 3.79. The molecule has 0 amide bonds. The van der Waals surface area contributed by atoms with Gasteiger partial charge in [-0.2, -0.15) is 0 Å². The van der Waals surface area contributed by atoms with E-state index in [4.69, 9.17) is 0 Å². The van der Waals surface area contributed by atoms with Gasteiger partial charge in [-0.05, 0) is 44.2 Å². The number of hydrogen-bond donors (Lipinski definition) is 1. The van der Waals surface area contributed by atoms with E-state index in [1.54, 1.807) is 43.4 Å². The molecule has 1 N–H and O–H groups in total. The monoisotopic (exact) mass is 315 g/mol. The second kappa shape index (κ2) is 5.14. The Bertz CT molecular complexity index is 928. The fourth-order valence-corrected chi connectivity index (χ4v) is 3.52. The minimum Gasteiger partial charge on any atom is -0.342 e. The molecule has 1 aromatic heterocycles. The van der Waals surface area contributed by atoms with Crippen molar-refractivity contribution in [3.05, 3.63) is 53.9 Å². The van der Waals surface area contributed by atoms with Gasteiger partial charge in [0.1, 0.15) is 5.82 Å². The van der Waals surface area contributed by atoms with Crippen LogP contribution in [0.3, 0.4) is 0 Å². The van der Waals surface area contributed by atoms with E-state index in [0.717, 1.165) is 22.4 Å². The number of H-pyrrole nitrogens is 1. The third-order valence-electron chi connectivity index (χ3n) is 3.63. The van der Waals surface area contributed by atoms with E-state index < -0.39 is 10.0 Å². The summed E-state index contributed by atoms with van der Waals surface area (Å²) in [5.74, 6) is 0.802. The summed E-state index contributed by atoms with van der Waals surface area (Å²) < 4.78 is 26.7. The maximum absolute atomic E-state index is 12.7. The Morgan fingerprint density at radius 3 is 2.41 bits per heavy atom. The molecule has 2 aromatic carbocycles. The highest BCUT2D eigenvalue weighted by Gasteiger charge is 2.21. The minimum absolute atomic E-state index is 0.279. The molecule has 114 valence electrons. The quantitative estimate of drug-likeness (QED) is 0.808. The molecule has 0 unspecified atom stereocenters. The summed E-state index contributed by atoms with van der Waals surface area (Å²) in [4.78, 5) is 7.72. The summed E-state index contributed by atoms with van der Waals surface area (Å²) in [6.07, 6.45) is 0. The Balaban J connectivity index is 2.03. The Labute approximate surface area is 129 Å². The summed E-state index contributed by atoms with van der Waals surface area (Å²) in [6, 6.07) is 12.2. The molecule has 22 heavy (non-hydrogen) atoms. The van der Waals surface area contributed by atoms with Gasteiger partial charge in [0.15, 0.2) is 0 Å². The Morgan fingerprint density at radius 1 is 1.05 bits per heavy atom. The van der Waals surface area contributed by atoms with Gasteiger partial charge in [0.25, 0.3) is 10.0 Å². The molecule has 1 heterocycles. The van der Waals surface area contributed by atoms with E-state index in [1.165, 1.54) is 4.31 Å². The van der Waals surface area contributed by atoms with Crippen molar-refractivity contribution in [3.8, 4) is 0 Å². The number of hydrogen-bond acceptors (Lipinski definition) is 3. The average molecular weight is 315 g/mol. The molecule has 3 rings (SSSR count). The van der Waals surface area contributed by atoms with Crippen molar-refractivity contribution in [2.45, 2.75) is 18.7 Å². The van der Waals surface area contributed by atoms with Crippen molar-refractivity contribution in [3.63, 3.8) is 0 Å². The first-order valence-corrected chi connectivity index (χ1v) is 8.34. The largest absolute Gasteiger partial charge is 0.342 e. The zero-order valence-electron chi connectivity index (χ0n) is 12.7. The number of rotatable bonds is 3. The number of imidazole rings is 1. The van der Waals surface area contributed by atoms with Gasteiger partial charge in [0, 0.05) is 7.05 Å². The van der Waals surface area contributed by atoms with E-state index in [-0.39, 0.29) is 4.90 Å². The van der Waals surface area contributed by atoms with Crippen molar-refractivity contribution >= 4 is 26.7 Å². The SMILES string of the molecule is Cc1ccc(S(=O)(=O)N(C)c2ccc3nc(C)[nH]c3c2)cc1. The summed E-state index contributed by atoms with van der Waals surface area (Å²) in [7, 11) is -2.02. The van der Waals surface area contributed by atoms with Gasteiger partial charge >= 0.3 is 0 Å². The fraction of sp³-hybridized carbons (Fsp3) is 0.188. The van der Waals surface area contributed by atoms with Crippen LogP contribution in [-0.4, -0.2) is 25.4 Å². The Kier molecular flexibility index (Phi) is 3.41. The number of nitrogens with zero attached hydrogens (tertiary/aromatic N) is 2. The molecule has 5 nitrogen and oxygen atoms in total. The van der Waals surface area contributed by atoms with Crippen molar-refractivity contribution in [1.29, 1.82) is 0 Å². The smallest absolute Gasteiger partial charge is 0.264 e. The standard InChI is InChI=1S/C16H17N3O2S/c1-11-4-7-14(8-5-11)22(20,21)19(3)13-6-9-15-16(10-13)18-12(2)17-15/h4-10H,1-3H3,(H,17,18). The van der Waals surface area contributed by atoms with Gasteiger partial charge in [-0.1, -0.05) is 17.7 Å². The number of anilines is 1. The molecule has 0 radical (unpaired) electrons. The Morgan fingerprint density at radius 2 is 1.73 bits per heavy atom. The molecular formula is C16H17N3O2S. The number of benzene rings is 2. The van der Waals surface area contributed by atoms with Gasteiger partial charge in [-0.25, -0.2) is 13.4 Å². The third-order valence-corrected chi connectivity index (χ3v) is 5.43. The van der Waals surface area contributed by atoms with Crippen LogP contribution in [0.4, 0.5) is 5.69 Å². The van der Waals surface area contributed by atoms with Crippen LogP contribution >= 0.6 is 0 Å². The summed E-state index contributed by atoms with van der Waals surface area (Å²) in [5, 5.41) is 0. The molecule has 0 spiro atoms. The van der Waals surface area contributed by atoms with Crippen LogP contribution in [0, 0.1) is 13.8 Å². The fourth-order valence-electron chi connectivity index (χ4n) is 2.33. The zero-order valence-corrected chi connectivity index (χ0v) is 13.5. The number of aryl methyl sites for hydroxylation is 2. The van der Waals surface area contributed by atoms with Gasteiger partial charge in [0.2, 0.25) is 0 Å². The van der Waals surface area contributed by atoms with E-state index in [9.17, 15) is 8.42 Å². The lowest BCUT2D eigenvalue weighted by molar-refractivity contribution is 0.594. The first-order chi connectivity index (χ1) is 10.4. The van der Waals surface area contributed by atoms with Crippen molar-refractivity contribution < 1.29 is 8.42 Å². The lowest BCUT2D eigenvalue weighted by Gasteiger charge is -2.19. The first kappa shape index (κ1) is 14.6. The van der Waals surface area contributed by atoms with E-state index >= 15 is 0 Å². The number of aromatic nitrogens is 2. The number of sulfonamides is 1. The van der Waals surface area contributed by atoms with E-state index in [1.807, 2.05) is 19.9 Å². The minimum atomic E-state index is -3.57. The zero-order chi connectivity index (χ0) is 15.9. The molecule has 0 aliphatic rings. The average Bonchev–Trinajstić information content (AvgIpc) is 2.86. The lowest BCUT2D eigenvalue weighted by atomic mass is 10.2. The van der Waals surface area contributed by atoms with Gasteiger partial charge in [0.05, 0.1) is 21.6 Å². The van der Waals surface area contributed by atoms with Crippen LogP contribution in [0.25, 0.3) is 11.0 Å². The van der Waals surface area contributed by atoms with Gasteiger partial charge in [-0.3, -0.25) is 4.31 Å². The first-order valence-electron chi connectivity index (χ1n) is 6.90. The number of nitrogens with one attached hydrogen (secondary N) is 1. The van der Waals surface area contributed by atoms with Crippen LogP contribution < -0.4 is 4.31 Å². The third kappa shape index (κ3) is 2.46. The molecular weight excluding hydrogens is 298 g/mol. The number of fused-ring (bicyclic) bond motifs is 1. The molecule has 0 saturated heterocycles. The second-order valence-corrected chi connectivity index (χ2v) is 7.28. The van der Waals surface area contributed by atoms with Gasteiger partial charge < -0.3 is 4.98 Å². The predicted octanol–water partition coefficient (Wildman–Crippen LogP) is 3.00. The molecule has 6 heteroatoms. The van der Waals surface area contributed by atoms with E-state index in [2.05, 4.69) is 9.97 Å². The normalized spacial score (nSPS) is 11.8. The summed E-state index contributed by atoms with van der Waals surface area (Å²) >= 11 is 0. The van der Waals surface area contributed by atoms with Crippen LogP contribution in [0.15, 0.2) is 47.4 Å². The maximum Gasteiger partial charge on any atom is 0.264 e. The molecule has 3 aromatic rings. The van der Waals surface area contributed by atoms with Crippen LogP contribution in [0.2, 0.25) is 0 Å². The van der Waals surface area contributed by atoms with Crippen LogP contribution in [0.1, 0.15) is 11.4 Å². The van der Waals surface area contributed by atoms with Crippen molar-refractivity contribution in [1.82, 2.24) is 9.97 Å². The molecule has 0 aliphatic heterocycles. The highest BCUT2D eigenvalue weighted by atomic mass is 32.2. The molecule has 0 fully saturated rings.